The molecule has 0 saturated heterocycles. The number of benzene rings is 1. The molecule has 0 saturated carbocycles. The van der Waals surface area contributed by atoms with Crippen LogP contribution in [0.1, 0.15) is 25.8 Å². The number of rotatable bonds is 8. The number of nitrogens with zero attached hydrogens (tertiary/aromatic N) is 1. The molecule has 106 valence electrons. The highest BCUT2D eigenvalue weighted by atomic mass is 16.5. The summed E-state index contributed by atoms with van der Waals surface area (Å²) >= 11 is 0. The average molecular weight is 267 g/mol. The molecule has 0 bridgehead atoms. The lowest BCUT2D eigenvalue weighted by Crippen LogP contribution is -2.25. The second kappa shape index (κ2) is 7.63. The maximum atomic E-state index is 10.6. The molecular formula is C14H21NO4. The maximum Gasteiger partial charge on any atom is 0.304 e. The number of hydrogen-bond donors (Lipinski definition) is 2. The summed E-state index contributed by atoms with van der Waals surface area (Å²) in [5, 5.41) is 18.3. The van der Waals surface area contributed by atoms with E-state index in [1.54, 1.807) is 12.1 Å². The van der Waals surface area contributed by atoms with Gasteiger partial charge in [-0.2, -0.15) is 0 Å². The predicted molar refractivity (Wildman–Crippen MR) is 72.5 cm³/mol. The Bertz CT molecular complexity index is 420. The van der Waals surface area contributed by atoms with Crippen LogP contribution in [0.3, 0.4) is 0 Å². The van der Waals surface area contributed by atoms with E-state index in [1.165, 1.54) is 0 Å². The summed E-state index contributed by atoms with van der Waals surface area (Å²) in [5.41, 5.74) is 0.994. The molecule has 0 aromatic heterocycles. The number of aliphatic carboxylic acids is 1. The number of phenols is 1. The second-order valence-electron chi connectivity index (χ2n) is 4.25. The fraction of sp³-hybridized carbons (Fsp3) is 0.500. The van der Waals surface area contributed by atoms with Gasteiger partial charge in [0.2, 0.25) is 0 Å². The molecule has 1 aromatic rings. The summed E-state index contributed by atoms with van der Waals surface area (Å²) in [6.45, 7) is 6.27. The molecule has 1 rings (SSSR count). The summed E-state index contributed by atoms with van der Waals surface area (Å²) in [4.78, 5) is 12.6. The lowest BCUT2D eigenvalue weighted by Gasteiger charge is -2.20. The van der Waals surface area contributed by atoms with Gasteiger partial charge < -0.3 is 14.9 Å². The molecule has 19 heavy (non-hydrogen) atoms. The Labute approximate surface area is 113 Å². The van der Waals surface area contributed by atoms with E-state index >= 15 is 0 Å². The molecule has 0 radical (unpaired) electrons. The smallest absolute Gasteiger partial charge is 0.304 e. The highest BCUT2D eigenvalue weighted by Crippen LogP contribution is 2.27. The number of carboxylic acid groups (broad SMARTS) is 1. The summed E-state index contributed by atoms with van der Waals surface area (Å²) in [6, 6.07) is 5.22. The third-order valence-corrected chi connectivity index (χ3v) is 2.82. The van der Waals surface area contributed by atoms with Gasteiger partial charge in [-0.1, -0.05) is 13.0 Å². The number of hydrogen-bond acceptors (Lipinski definition) is 4. The number of aromatic hydroxyl groups is 1. The van der Waals surface area contributed by atoms with Crippen molar-refractivity contribution in [2.45, 2.75) is 26.8 Å². The van der Waals surface area contributed by atoms with Crippen LogP contribution in [-0.4, -0.2) is 40.8 Å². The summed E-state index contributed by atoms with van der Waals surface area (Å²) < 4.78 is 5.33. The largest absolute Gasteiger partial charge is 0.504 e. The minimum absolute atomic E-state index is 0.124. The minimum atomic E-state index is -0.792. The predicted octanol–water partition coefficient (Wildman–Crippen LogP) is 2.09. The molecule has 0 amide bonds. The zero-order chi connectivity index (χ0) is 14.3. The van der Waals surface area contributed by atoms with E-state index in [-0.39, 0.29) is 12.2 Å². The Morgan fingerprint density at radius 2 is 2.11 bits per heavy atom. The van der Waals surface area contributed by atoms with Crippen molar-refractivity contribution in [3.8, 4) is 11.5 Å². The van der Waals surface area contributed by atoms with E-state index in [1.807, 2.05) is 24.8 Å². The molecule has 0 aliphatic rings. The molecule has 5 nitrogen and oxygen atoms in total. The van der Waals surface area contributed by atoms with Gasteiger partial charge in [-0.25, -0.2) is 0 Å². The first-order chi connectivity index (χ1) is 9.06. The zero-order valence-electron chi connectivity index (χ0n) is 11.4. The minimum Gasteiger partial charge on any atom is -0.504 e. The third-order valence-electron chi connectivity index (χ3n) is 2.82. The molecule has 1 aromatic carbocycles. The molecule has 2 N–H and O–H groups in total. The van der Waals surface area contributed by atoms with Gasteiger partial charge in [0.05, 0.1) is 13.0 Å². The van der Waals surface area contributed by atoms with Gasteiger partial charge in [-0.15, -0.1) is 0 Å². The fourth-order valence-electron chi connectivity index (χ4n) is 1.79. The number of carboxylic acids is 1. The van der Waals surface area contributed by atoms with Gasteiger partial charge in [0, 0.05) is 13.1 Å². The van der Waals surface area contributed by atoms with Crippen molar-refractivity contribution in [1.82, 2.24) is 4.90 Å². The quantitative estimate of drug-likeness (QED) is 0.754. The molecule has 0 atom stereocenters. The van der Waals surface area contributed by atoms with Crippen molar-refractivity contribution in [1.29, 1.82) is 0 Å². The summed E-state index contributed by atoms with van der Waals surface area (Å²) in [5.74, 6) is -0.201. The van der Waals surface area contributed by atoms with Gasteiger partial charge >= 0.3 is 5.97 Å². The van der Waals surface area contributed by atoms with E-state index in [9.17, 15) is 9.90 Å². The molecular weight excluding hydrogens is 246 g/mol. The van der Waals surface area contributed by atoms with E-state index < -0.39 is 5.97 Å². The number of ether oxygens (including phenoxy) is 1. The van der Waals surface area contributed by atoms with E-state index in [0.717, 1.165) is 12.1 Å². The Balaban J connectivity index is 2.68. The lowest BCUT2D eigenvalue weighted by atomic mass is 10.2. The summed E-state index contributed by atoms with van der Waals surface area (Å²) in [6.07, 6.45) is 0.129. The van der Waals surface area contributed by atoms with Crippen LogP contribution in [0.15, 0.2) is 18.2 Å². The Kier molecular flexibility index (Phi) is 6.15. The first kappa shape index (κ1) is 15.3. The first-order valence-electron chi connectivity index (χ1n) is 6.45. The lowest BCUT2D eigenvalue weighted by molar-refractivity contribution is -0.137. The maximum absolute atomic E-state index is 10.6. The summed E-state index contributed by atoms with van der Waals surface area (Å²) in [7, 11) is 0. The van der Waals surface area contributed by atoms with Crippen LogP contribution < -0.4 is 4.74 Å². The molecule has 0 aliphatic carbocycles. The highest BCUT2D eigenvalue weighted by molar-refractivity contribution is 5.66. The number of phenolic OH excluding ortho intramolecular Hbond substituents is 1. The van der Waals surface area contributed by atoms with Gasteiger partial charge in [-0.3, -0.25) is 9.69 Å². The first-order valence-corrected chi connectivity index (χ1v) is 6.45. The topological polar surface area (TPSA) is 70.0 Å². The highest BCUT2D eigenvalue weighted by Gasteiger charge is 2.09. The van der Waals surface area contributed by atoms with E-state index in [0.29, 0.717) is 25.4 Å². The van der Waals surface area contributed by atoms with E-state index in [4.69, 9.17) is 9.84 Å². The van der Waals surface area contributed by atoms with Crippen LogP contribution >= 0.6 is 0 Å². The normalized spacial score (nSPS) is 10.7. The van der Waals surface area contributed by atoms with Crippen LogP contribution in [0.4, 0.5) is 0 Å². The Morgan fingerprint density at radius 1 is 1.37 bits per heavy atom. The molecule has 0 spiro atoms. The monoisotopic (exact) mass is 267 g/mol. The van der Waals surface area contributed by atoms with Crippen molar-refractivity contribution < 1.29 is 19.7 Å². The zero-order valence-corrected chi connectivity index (χ0v) is 11.4. The molecule has 0 aliphatic heterocycles. The molecule has 0 heterocycles. The fourth-order valence-corrected chi connectivity index (χ4v) is 1.79. The van der Waals surface area contributed by atoms with Gasteiger partial charge in [-0.05, 0) is 31.2 Å². The van der Waals surface area contributed by atoms with Crippen LogP contribution in [0.25, 0.3) is 0 Å². The van der Waals surface area contributed by atoms with Gasteiger partial charge in [0.15, 0.2) is 11.5 Å². The van der Waals surface area contributed by atoms with Crippen molar-refractivity contribution >= 4 is 5.97 Å². The van der Waals surface area contributed by atoms with Gasteiger partial charge in [0.25, 0.3) is 0 Å². The van der Waals surface area contributed by atoms with Gasteiger partial charge in [0.1, 0.15) is 0 Å². The standard InChI is InChI=1S/C14H21NO4/c1-3-15(8-7-14(17)18)10-11-5-6-12(16)13(9-11)19-4-2/h5-6,9,16H,3-4,7-8,10H2,1-2H3,(H,17,18). The van der Waals surface area contributed by atoms with Crippen LogP contribution in [0, 0.1) is 0 Å². The SMILES string of the molecule is CCOc1cc(CN(CC)CCC(=O)O)ccc1O. The van der Waals surface area contributed by atoms with Crippen LogP contribution in [0.5, 0.6) is 11.5 Å². The Hall–Kier alpha value is -1.75. The van der Waals surface area contributed by atoms with Crippen molar-refractivity contribution in [3.63, 3.8) is 0 Å². The molecule has 0 unspecified atom stereocenters. The molecule has 5 heteroatoms. The van der Waals surface area contributed by atoms with Crippen LogP contribution in [0.2, 0.25) is 0 Å². The van der Waals surface area contributed by atoms with Crippen molar-refractivity contribution in [2.75, 3.05) is 19.7 Å². The molecule has 0 fully saturated rings. The third kappa shape index (κ3) is 5.18. The van der Waals surface area contributed by atoms with Crippen molar-refractivity contribution in [2.24, 2.45) is 0 Å². The Morgan fingerprint density at radius 3 is 2.68 bits per heavy atom. The number of carbonyl (C=O) groups is 1. The van der Waals surface area contributed by atoms with Crippen molar-refractivity contribution in [3.05, 3.63) is 23.8 Å². The van der Waals surface area contributed by atoms with E-state index in [2.05, 4.69) is 0 Å². The second-order valence-corrected chi connectivity index (χ2v) is 4.25. The average Bonchev–Trinajstić information content (AvgIpc) is 2.38. The van der Waals surface area contributed by atoms with Crippen LogP contribution in [-0.2, 0) is 11.3 Å².